The van der Waals surface area contributed by atoms with Crippen LogP contribution in [0.25, 0.3) is 22.3 Å². The molecule has 0 aliphatic carbocycles. The summed E-state index contributed by atoms with van der Waals surface area (Å²) in [6.45, 7) is 1.66. The summed E-state index contributed by atoms with van der Waals surface area (Å²) in [5.41, 5.74) is 3.99. The van der Waals surface area contributed by atoms with Crippen LogP contribution in [0.5, 0.6) is 11.5 Å². The molecule has 202 valence electrons. The van der Waals surface area contributed by atoms with Crippen LogP contribution in [0.4, 0.5) is 0 Å². The van der Waals surface area contributed by atoms with Gasteiger partial charge in [0.25, 0.3) is 0 Å². The average Bonchev–Trinajstić information content (AvgIpc) is 3.46. The third-order valence-electron chi connectivity index (χ3n) is 6.98. The molecule has 1 aliphatic heterocycles. The topological polar surface area (TPSA) is 143 Å². The highest BCUT2D eigenvalue weighted by molar-refractivity contribution is 7.90. The highest BCUT2D eigenvalue weighted by Crippen LogP contribution is 2.41. The molecule has 2 N–H and O–H groups in total. The van der Waals surface area contributed by atoms with Crippen LogP contribution >= 0.6 is 0 Å². The molecule has 2 atom stereocenters. The largest absolute Gasteiger partial charge is 0.481 e. The van der Waals surface area contributed by atoms with Gasteiger partial charge in [-0.15, -0.1) is 0 Å². The summed E-state index contributed by atoms with van der Waals surface area (Å²) in [5.74, 6) is -0.377. The van der Waals surface area contributed by atoms with E-state index in [9.17, 15) is 18.0 Å². The Balaban J connectivity index is 1.50. The molecule has 11 heteroatoms. The zero-order valence-electron chi connectivity index (χ0n) is 21.7. The highest BCUT2D eigenvalue weighted by Gasteiger charge is 2.31. The van der Waals surface area contributed by atoms with Crippen molar-refractivity contribution >= 4 is 32.6 Å². The number of carbonyl (C=O) groups is 2. The van der Waals surface area contributed by atoms with E-state index >= 15 is 0 Å². The van der Waals surface area contributed by atoms with Crippen LogP contribution in [0.3, 0.4) is 0 Å². The SMILES string of the molecule is CC(Cc1ccc(-c2cc3cc(Oc4ccc(S(C)(=O)=O)nc4)c(C4CCC(=O)N4C)cc3[nH]2)nc1)C(=O)O. The van der Waals surface area contributed by atoms with Crippen LogP contribution in [0.2, 0.25) is 0 Å². The molecule has 4 aromatic rings. The van der Waals surface area contributed by atoms with Gasteiger partial charge in [0.1, 0.15) is 11.5 Å². The monoisotopic (exact) mass is 548 g/mol. The maximum Gasteiger partial charge on any atom is 0.306 e. The van der Waals surface area contributed by atoms with Gasteiger partial charge in [0.2, 0.25) is 5.91 Å². The molecule has 5 rings (SSSR count). The zero-order valence-corrected chi connectivity index (χ0v) is 22.5. The number of carbonyl (C=O) groups excluding carboxylic acids is 1. The first-order valence-electron chi connectivity index (χ1n) is 12.4. The van der Waals surface area contributed by atoms with Crippen molar-refractivity contribution in [2.45, 2.75) is 37.3 Å². The molecular weight excluding hydrogens is 520 g/mol. The van der Waals surface area contributed by atoms with Gasteiger partial charge in [-0.1, -0.05) is 13.0 Å². The van der Waals surface area contributed by atoms with Crippen LogP contribution in [-0.4, -0.2) is 58.6 Å². The first kappa shape index (κ1) is 26.4. The number of nitrogens with one attached hydrogen (secondary N) is 1. The van der Waals surface area contributed by atoms with E-state index in [-0.39, 0.29) is 17.0 Å². The number of amides is 1. The van der Waals surface area contributed by atoms with Gasteiger partial charge in [-0.05, 0) is 54.8 Å². The van der Waals surface area contributed by atoms with E-state index in [0.29, 0.717) is 36.5 Å². The van der Waals surface area contributed by atoms with Crippen LogP contribution in [0, 0.1) is 5.92 Å². The molecular formula is C28H28N4O6S. The number of benzene rings is 1. The molecule has 0 spiro atoms. The second kappa shape index (κ2) is 10.1. The Morgan fingerprint density at radius 3 is 2.56 bits per heavy atom. The third-order valence-corrected chi connectivity index (χ3v) is 7.99. The smallest absolute Gasteiger partial charge is 0.306 e. The molecule has 1 aliphatic rings. The number of aromatic amines is 1. The van der Waals surface area contributed by atoms with Crippen molar-refractivity contribution in [3.63, 3.8) is 0 Å². The summed E-state index contributed by atoms with van der Waals surface area (Å²) in [4.78, 5) is 37.1. The number of fused-ring (bicyclic) bond motifs is 1. The van der Waals surface area contributed by atoms with Crippen LogP contribution < -0.4 is 4.74 Å². The number of carboxylic acid groups (broad SMARTS) is 1. The van der Waals surface area contributed by atoms with Gasteiger partial charge >= 0.3 is 5.97 Å². The summed E-state index contributed by atoms with van der Waals surface area (Å²) in [6.07, 6.45) is 5.63. The fourth-order valence-electron chi connectivity index (χ4n) is 4.75. The minimum atomic E-state index is -3.44. The lowest BCUT2D eigenvalue weighted by atomic mass is 10.0. The lowest BCUT2D eigenvalue weighted by Gasteiger charge is -2.23. The van der Waals surface area contributed by atoms with Crippen LogP contribution in [0.15, 0.2) is 59.9 Å². The Kier molecular flexibility index (Phi) is 6.85. The Bertz CT molecular complexity index is 1660. The van der Waals surface area contributed by atoms with E-state index in [0.717, 1.165) is 34.0 Å². The number of hydrogen-bond donors (Lipinski definition) is 2. The van der Waals surface area contributed by atoms with E-state index in [4.69, 9.17) is 9.84 Å². The summed E-state index contributed by atoms with van der Waals surface area (Å²) in [7, 11) is -1.67. The fraction of sp³-hybridized carbons (Fsp3) is 0.286. The molecule has 10 nitrogen and oxygen atoms in total. The van der Waals surface area contributed by atoms with Crippen molar-refractivity contribution in [3.05, 3.63) is 66.0 Å². The molecule has 0 saturated carbocycles. The summed E-state index contributed by atoms with van der Waals surface area (Å²) >= 11 is 0. The zero-order chi connectivity index (χ0) is 27.9. The van der Waals surface area contributed by atoms with Crippen molar-refractivity contribution in [3.8, 4) is 22.9 Å². The van der Waals surface area contributed by atoms with Crippen molar-refractivity contribution in [1.82, 2.24) is 19.9 Å². The predicted octanol–water partition coefficient (Wildman–Crippen LogP) is 4.38. The molecule has 3 aromatic heterocycles. The minimum Gasteiger partial charge on any atom is -0.481 e. The molecule has 1 aromatic carbocycles. The van der Waals surface area contributed by atoms with Crippen molar-refractivity contribution in [2.75, 3.05) is 13.3 Å². The van der Waals surface area contributed by atoms with E-state index < -0.39 is 21.7 Å². The second-order valence-corrected chi connectivity index (χ2v) is 11.9. The fourth-order valence-corrected chi connectivity index (χ4v) is 5.31. The van der Waals surface area contributed by atoms with Crippen LogP contribution in [0.1, 0.15) is 36.9 Å². The number of hydrogen-bond acceptors (Lipinski definition) is 7. The molecule has 1 saturated heterocycles. The number of aliphatic carboxylic acids is 1. The lowest BCUT2D eigenvalue weighted by Crippen LogP contribution is -2.22. The maximum absolute atomic E-state index is 12.3. The van der Waals surface area contributed by atoms with Gasteiger partial charge in [0.15, 0.2) is 14.9 Å². The minimum absolute atomic E-state index is 0.0436. The number of aromatic nitrogens is 3. The molecule has 39 heavy (non-hydrogen) atoms. The number of carboxylic acids is 1. The maximum atomic E-state index is 12.3. The summed E-state index contributed by atoms with van der Waals surface area (Å²) in [6, 6.07) is 12.3. The van der Waals surface area contributed by atoms with Gasteiger partial charge < -0.3 is 19.7 Å². The number of likely N-dealkylation sites (tertiary alicyclic amines) is 1. The molecule has 4 heterocycles. The van der Waals surface area contributed by atoms with Crippen LogP contribution in [-0.2, 0) is 25.8 Å². The standard InChI is InChI=1S/C28H28N4O6S/c1-16(28(34)35)10-17-4-6-21(29-14-17)23-11-18-12-25(38-19-5-8-26(30-15-19)39(3,36)37)20(13-22(18)31-23)24-7-9-27(33)32(24)2/h4-6,8,11-16,24,31H,7,9-10H2,1-3H3,(H,34,35). The molecule has 0 bridgehead atoms. The number of rotatable bonds is 8. The first-order valence-corrected chi connectivity index (χ1v) is 14.3. The number of sulfone groups is 1. The van der Waals surface area contributed by atoms with E-state index in [1.165, 1.54) is 12.3 Å². The normalized spacial score (nSPS) is 16.5. The Hall–Kier alpha value is -4.25. The average molecular weight is 549 g/mol. The van der Waals surface area contributed by atoms with Gasteiger partial charge in [0.05, 0.1) is 29.5 Å². The van der Waals surface area contributed by atoms with Gasteiger partial charge in [-0.2, -0.15) is 0 Å². The van der Waals surface area contributed by atoms with Gasteiger partial charge in [0, 0.05) is 42.4 Å². The summed E-state index contributed by atoms with van der Waals surface area (Å²) < 4.78 is 29.8. The number of ether oxygens (including phenoxy) is 1. The van der Waals surface area contributed by atoms with E-state index in [2.05, 4.69) is 15.0 Å². The Morgan fingerprint density at radius 2 is 1.97 bits per heavy atom. The molecule has 2 unspecified atom stereocenters. The first-order chi connectivity index (χ1) is 18.5. The Labute approximate surface area is 225 Å². The van der Waals surface area contributed by atoms with Gasteiger partial charge in [-0.25, -0.2) is 13.4 Å². The second-order valence-electron chi connectivity index (χ2n) is 9.92. The number of pyridine rings is 2. The van der Waals surface area contributed by atoms with E-state index in [1.54, 1.807) is 31.1 Å². The Morgan fingerprint density at radius 1 is 1.18 bits per heavy atom. The molecule has 1 amide bonds. The highest BCUT2D eigenvalue weighted by atomic mass is 32.2. The summed E-state index contributed by atoms with van der Waals surface area (Å²) in [5, 5.41) is 9.98. The molecule has 1 fully saturated rings. The van der Waals surface area contributed by atoms with Crippen molar-refractivity contribution in [1.29, 1.82) is 0 Å². The quantitative estimate of drug-likeness (QED) is 0.330. The molecule has 0 radical (unpaired) electrons. The van der Waals surface area contributed by atoms with Crippen molar-refractivity contribution in [2.24, 2.45) is 5.92 Å². The predicted molar refractivity (Wildman–Crippen MR) is 144 cm³/mol. The number of nitrogens with zero attached hydrogens (tertiary/aromatic N) is 3. The van der Waals surface area contributed by atoms with E-state index in [1.807, 2.05) is 30.3 Å². The lowest BCUT2D eigenvalue weighted by molar-refractivity contribution is -0.141. The number of H-pyrrole nitrogens is 1. The third kappa shape index (κ3) is 5.49. The van der Waals surface area contributed by atoms with Gasteiger partial charge in [-0.3, -0.25) is 14.6 Å². The van der Waals surface area contributed by atoms with Crippen molar-refractivity contribution < 1.29 is 27.9 Å².